The third-order valence-electron chi connectivity index (χ3n) is 2.45. The minimum atomic E-state index is -1.07. The van der Waals surface area contributed by atoms with E-state index in [0.717, 1.165) is 0 Å². The molecule has 2 amide bonds. The Labute approximate surface area is 111 Å². The van der Waals surface area contributed by atoms with Crippen LogP contribution in [-0.2, 0) is 6.54 Å². The lowest BCUT2D eigenvalue weighted by Gasteiger charge is -2.11. The predicted molar refractivity (Wildman–Crippen MR) is 69.2 cm³/mol. The van der Waals surface area contributed by atoms with Gasteiger partial charge in [-0.3, -0.25) is 0 Å². The lowest BCUT2D eigenvalue weighted by atomic mass is 10.2. The van der Waals surface area contributed by atoms with E-state index < -0.39 is 5.97 Å². The smallest absolute Gasteiger partial charge is 0.372 e. The van der Waals surface area contributed by atoms with Crippen LogP contribution in [0.1, 0.15) is 21.9 Å². The zero-order chi connectivity index (χ0) is 14.4. The molecular formula is C12H19N3O4. The van der Waals surface area contributed by atoms with Gasteiger partial charge in [0.05, 0.1) is 6.54 Å². The number of nitrogens with zero attached hydrogens (tertiary/aromatic N) is 1. The van der Waals surface area contributed by atoms with Crippen LogP contribution in [0.15, 0.2) is 10.5 Å². The summed E-state index contributed by atoms with van der Waals surface area (Å²) in [5, 5.41) is 14.6. The van der Waals surface area contributed by atoms with Crippen LogP contribution in [0, 0.1) is 6.92 Å². The highest BCUT2D eigenvalue weighted by molar-refractivity contribution is 5.86. The normalized spacial score (nSPS) is 10.3. The number of hydrogen-bond donors (Lipinski definition) is 3. The molecule has 1 aromatic heterocycles. The molecule has 0 fully saturated rings. The average Bonchev–Trinajstić information content (AvgIpc) is 2.69. The number of carboxylic acids is 1. The van der Waals surface area contributed by atoms with Crippen molar-refractivity contribution in [1.29, 1.82) is 0 Å². The summed E-state index contributed by atoms with van der Waals surface area (Å²) in [6.07, 6.45) is 0. The summed E-state index contributed by atoms with van der Waals surface area (Å²) in [4.78, 5) is 23.4. The first-order chi connectivity index (χ1) is 8.91. The number of furan rings is 1. The summed E-state index contributed by atoms with van der Waals surface area (Å²) in [6.45, 7) is 3.17. The molecule has 0 saturated carbocycles. The van der Waals surface area contributed by atoms with Crippen LogP contribution in [0.5, 0.6) is 0 Å². The van der Waals surface area contributed by atoms with E-state index in [2.05, 4.69) is 10.6 Å². The van der Waals surface area contributed by atoms with Gasteiger partial charge >= 0.3 is 12.0 Å². The molecule has 0 spiro atoms. The number of nitrogens with one attached hydrogen (secondary N) is 2. The summed E-state index contributed by atoms with van der Waals surface area (Å²) in [7, 11) is 3.34. The molecule has 1 rings (SSSR count). The number of aromatic carboxylic acids is 1. The van der Waals surface area contributed by atoms with Crippen molar-refractivity contribution in [3.8, 4) is 0 Å². The van der Waals surface area contributed by atoms with Crippen molar-refractivity contribution in [2.75, 3.05) is 27.2 Å². The van der Waals surface area contributed by atoms with Crippen LogP contribution in [0.3, 0.4) is 0 Å². The maximum absolute atomic E-state index is 11.2. The number of hydrogen-bond acceptors (Lipinski definition) is 4. The quantitative estimate of drug-likeness (QED) is 0.659. The molecule has 0 unspecified atom stereocenters. The third kappa shape index (κ3) is 4.63. The van der Waals surface area contributed by atoms with Crippen molar-refractivity contribution in [2.24, 2.45) is 0 Å². The van der Waals surface area contributed by atoms with Crippen LogP contribution in [0.25, 0.3) is 0 Å². The number of rotatable bonds is 6. The molecule has 0 saturated heterocycles. The Balaban J connectivity index is 2.28. The summed E-state index contributed by atoms with van der Waals surface area (Å²) in [5.74, 6) is -0.534. The number of carboxylic acid groups (broad SMARTS) is 1. The Kier molecular flexibility index (Phi) is 5.37. The fraction of sp³-hybridized carbons (Fsp3) is 0.500. The van der Waals surface area contributed by atoms with Gasteiger partial charge in [-0.15, -0.1) is 0 Å². The molecule has 106 valence electrons. The van der Waals surface area contributed by atoms with Gasteiger partial charge in [0, 0.05) is 32.7 Å². The predicted octanol–water partition coefficient (Wildman–Crippen LogP) is 0.647. The monoisotopic (exact) mass is 269 g/mol. The van der Waals surface area contributed by atoms with Gasteiger partial charge < -0.3 is 25.1 Å². The maximum atomic E-state index is 11.2. The maximum Gasteiger partial charge on any atom is 0.372 e. The third-order valence-corrected chi connectivity index (χ3v) is 2.45. The largest absolute Gasteiger partial charge is 0.475 e. The molecule has 1 heterocycles. The molecule has 0 aromatic carbocycles. The van der Waals surface area contributed by atoms with Crippen LogP contribution in [0.4, 0.5) is 4.79 Å². The molecule has 7 nitrogen and oxygen atoms in total. The van der Waals surface area contributed by atoms with Crippen LogP contribution >= 0.6 is 0 Å². The Morgan fingerprint density at radius 1 is 1.37 bits per heavy atom. The van der Waals surface area contributed by atoms with Crippen molar-refractivity contribution in [3.05, 3.63) is 23.2 Å². The standard InChI is InChI=1S/C12H19N3O4/c1-8-6-9(19-10(8)11(16)17)7-13-4-5-14-12(18)15(2)3/h6,13H,4-5,7H2,1-3H3,(H,14,18)(H,16,17). The van der Waals surface area contributed by atoms with Gasteiger partial charge in [-0.05, 0) is 13.0 Å². The number of carbonyl (C=O) groups is 2. The minimum absolute atomic E-state index is 0.0299. The zero-order valence-corrected chi connectivity index (χ0v) is 11.3. The van der Waals surface area contributed by atoms with E-state index in [1.807, 2.05) is 0 Å². The van der Waals surface area contributed by atoms with Crippen molar-refractivity contribution < 1.29 is 19.1 Å². The minimum Gasteiger partial charge on any atom is -0.475 e. The molecule has 3 N–H and O–H groups in total. The number of carbonyl (C=O) groups excluding carboxylic acids is 1. The Bertz CT molecular complexity index is 454. The fourth-order valence-corrected chi connectivity index (χ4v) is 1.48. The van der Waals surface area contributed by atoms with Crippen molar-refractivity contribution in [3.63, 3.8) is 0 Å². The second-order valence-electron chi connectivity index (χ2n) is 4.33. The van der Waals surface area contributed by atoms with E-state index in [4.69, 9.17) is 9.52 Å². The van der Waals surface area contributed by atoms with E-state index >= 15 is 0 Å². The molecule has 19 heavy (non-hydrogen) atoms. The number of aryl methyl sites for hydroxylation is 1. The van der Waals surface area contributed by atoms with Crippen LogP contribution in [-0.4, -0.2) is 49.2 Å². The molecule has 0 aliphatic rings. The van der Waals surface area contributed by atoms with Crippen LogP contribution < -0.4 is 10.6 Å². The second kappa shape index (κ2) is 6.79. The zero-order valence-electron chi connectivity index (χ0n) is 11.3. The summed E-state index contributed by atoms with van der Waals surface area (Å²) < 4.78 is 5.18. The molecule has 0 aliphatic heterocycles. The first-order valence-electron chi connectivity index (χ1n) is 5.90. The van der Waals surface area contributed by atoms with Crippen molar-refractivity contribution in [2.45, 2.75) is 13.5 Å². The number of urea groups is 1. The van der Waals surface area contributed by atoms with E-state index in [1.54, 1.807) is 27.1 Å². The summed E-state index contributed by atoms with van der Waals surface area (Å²) in [5.41, 5.74) is 0.602. The highest BCUT2D eigenvalue weighted by Gasteiger charge is 2.13. The SMILES string of the molecule is Cc1cc(CNCCNC(=O)N(C)C)oc1C(=O)O. The van der Waals surface area contributed by atoms with Crippen LogP contribution in [0.2, 0.25) is 0 Å². The molecule has 0 bridgehead atoms. The van der Waals surface area contributed by atoms with E-state index in [-0.39, 0.29) is 11.8 Å². The Morgan fingerprint density at radius 2 is 2.05 bits per heavy atom. The van der Waals surface area contributed by atoms with E-state index in [1.165, 1.54) is 4.90 Å². The Hall–Kier alpha value is -2.02. The van der Waals surface area contributed by atoms with Gasteiger partial charge in [-0.2, -0.15) is 0 Å². The van der Waals surface area contributed by atoms with Crippen molar-refractivity contribution in [1.82, 2.24) is 15.5 Å². The molecule has 1 aromatic rings. The first-order valence-corrected chi connectivity index (χ1v) is 5.90. The molecule has 0 aliphatic carbocycles. The molecule has 0 radical (unpaired) electrons. The first kappa shape index (κ1) is 15.0. The molecular weight excluding hydrogens is 250 g/mol. The summed E-state index contributed by atoms with van der Waals surface area (Å²) >= 11 is 0. The number of amides is 2. The highest BCUT2D eigenvalue weighted by atomic mass is 16.4. The Morgan fingerprint density at radius 3 is 2.58 bits per heavy atom. The highest BCUT2D eigenvalue weighted by Crippen LogP contribution is 2.14. The van der Waals surface area contributed by atoms with Gasteiger partial charge in [-0.25, -0.2) is 9.59 Å². The average molecular weight is 269 g/mol. The van der Waals surface area contributed by atoms with E-state index in [0.29, 0.717) is 31.0 Å². The fourth-order valence-electron chi connectivity index (χ4n) is 1.48. The van der Waals surface area contributed by atoms with Gasteiger partial charge in [0.15, 0.2) is 0 Å². The van der Waals surface area contributed by atoms with Gasteiger partial charge in [0.25, 0.3) is 0 Å². The topological polar surface area (TPSA) is 94.8 Å². The van der Waals surface area contributed by atoms with Crippen molar-refractivity contribution >= 4 is 12.0 Å². The lowest BCUT2D eigenvalue weighted by molar-refractivity contribution is 0.0659. The lowest BCUT2D eigenvalue weighted by Crippen LogP contribution is -2.38. The molecule has 0 atom stereocenters. The van der Waals surface area contributed by atoms with E-state index in [9.17, 15) is 9.59 Å². The summed E-state index contributed by atoms with van der Waals surface area (Å²) in [6, 6.07) is 1.54. The van der Waals surface area contributed by atoms with Gasteiger partial charge in [0.2, 0.25) is 5.76 Å². The molecule has 7 heteroatoms. The second-order valence-corrected chi connectivity index (χ2v) is 4.33. The van der Waals surface area contributed by atoms with Gasteiger partial charge in [-0.1, -0.05) is 0 Å². The van der Waals surface area contributed by atoms with Gasteiger partial charge in [0.1, 0.15) is 5.76 Å².